The summed E-state index contributed by atoms with van der Waals surface area (Å²) in [7, 11) is 3.16. The summed E-state index contributed by atoms with van der Waals surface area (Å²) in [6.45, 7) is 0.0326. The molecule has 0 fully saturated rings. The minimum atomic E-state index is -0.306. The number of hydrogen-bond donors (Lipinski definition) is 3. The van der Waals surface area contributed by atoms with Gasteiger partial charge in [-0.2, -0.15) is 0 Å². The molecule has 6 nitrogen and oxygen atoms in total. The Bertz CT molecular complexity index is 498. The molecule has 0 aliphatic heterocycles. The fourth-order valence-electron chi connectivity index (χ4n) is 1.81. The van der Waals surface area contributed by atoms with E-state index in [9.17, 15) is 0 Å². The van der Waals surface area contributed by atoms with Crippen LogP contribution in [0.1, 0.15) is 18.3 Å². The molecular formula is C12H17N3O3. The van der Waals surface area contributed by atoms with Crippen molar-refractivity contribution in [2.24, 2.45) is 5.73 Å². The van der Waals surface area contributed by atoms with E-state index in [1.807, 2.05) is 6.07 Å². The Morgan fingerprint density at radius 2 is 2.00 bits per heavy atom. The van der Waals surface area contributed by atoms with Crippen molar-refractivity contribution in [3.8, 4) is 11.5 Å². The molecule has 2 aromatic rings. The molecular weight excluding hydrogens is 234 g/mol. The number of hydrogen-bond acceptors (Lipinski definition) is 5. The molecule has 1 atom stereocenters. The van der Waals surface area contributed by atoms with E-state index in [1.165, 1.54) is 0 Å². The lowest BCUT2D eigenvalue weighted by Gasteiger charge is -2.06. The molecule has 0 amide bonds. The number of aliphatic hydroxyl groups is 1. The standard InChI is InChI=1S/C12H17N3O3/c1-17-10-5-8-9(6-11(10)18-2)15-12(14-8)7(13)3-4-16/h5-7,16H,3-4,13H2,1-2H3,(H,14,15). The Hall–Kier alpha value is -1.79. The average molecular weight is 251 g/mol. The first kappa shape index (κ1) is 12.7. The number of nitrogens with zero attached hydrogens (tertiary/aromatic N) is 1. The number of nitrogens with one attached hydrogen (secondary N) is 1. The van der Waals surface area contributed by atoms with Gasteiger partial charge in [0.05, 0.1) is 31.3 Å². The van der Waals surface area contributed by atoms with Crippen LogP contribution in [0, 0.1) is 0 Å². The van der Waals surface area contributed by atoms with Crippen molar-refractivity contribution in [1.29, 1.82) is 0 Å². The van der Waals surface area contributed by atoms with Crippen LogP contribution in [-0.2, 0) is 0 Å². The Morgan fingerprint density at radius 3 is 2.61 bits per heavy atom. The first-order chi connectivity index (χ1) is 8.69. The number of rotatable bonds is 5. The van der Waals surface area contributed by atoms with E-state index in [2.05, 4.69) is 9.97 Å². The van der Waals surface area contributed by atoms with Gasteiger partial charge in [-0.3, -0.25) is 0 Å². The highest BCUT2D eigenvalue weighted by atomic mass is 16.5. The summed E-state index contributed by atoms with van der Waals surface area (Å²) in [6, 6.07) is 3.30. The van der Waals surface area contributed by atoms with Crippen molar-refractivity contribution in [2.75, 3.05) is 20.8 Å². The fourth-order valence-corrected chi connectivity index (χ4v) is 1.81. The Morgan fingerprint density at radius 1 is 1.33 bits per heavy atom. The largest absolute Gasteiger partial charge is 0.493 e. The van der Waals surface area contributed by atoms with Gasteiger partial charge in [0.2, 0.25) is 0 Å². The van der Waals surface area contributed by atoms with Crippen LogP contribution in [0.5, 0.6) is 11.5 Å². The third-order valence-corrected chi connectivity index (χ3v) is 2.80. The SMILES string of the molecule is COc1cc2nc(C(N)CCO)[nH]c2cc1OC. The fraction of sp³-hybridized carbons (Fsp3) is 0.417. The van der Waals surface area contributed by atoms with Crippen LogP contribution in [0.2, 0.25) is 0 Å². The van der Waals surface area contributed by atoms with Gasteiger partial charge in [-0.05, 0) is 6.42 Å². The van der Waals surface area contributed by atoms with Crippen LogP contribution in [0.3, 0.4) is 0 Å². The molecule has 0 radical (unpaired) electrons. The smallest absolute Gasteiger partial charge is 0.163 e. The summed E-state index contributed by atoms with van der Waals surface area (Å²) >= 11 is 0. The maximum atomic E-state index is 8.88. The second-order valence-electron chi connectivity index (χ2n) is 3.97. The number of aromatic amines is 1. The zero-order valence-electron chi connectivity index (χ0n) is 10.4. The maximum absolute atomic E-state index is 8.88. The molecule has 0 aliphatic rings. The average Bonchev–Trinajstić information content (AvgIpc) is 2.80. The molecule has 2 rings (SSSR count). The van der Waals surface area contributed by atoms with Crippen LogP contribution in [0.25, 0.3) is 11.0 Å². The van der Waals surface area contributed by atoms with Crippen molar-refractivity contribution in [3.05, 3.63) is 18.0 Å². The maximum Gasteiger partial charge on any atom is 0.163 e. The monoisotopic (exact) mass is 251 g/mol. The summed E-state index contributed by atoms with van der Waals surface area (Å²) < 4.78 is 10.4. The molecule has 0 saturated carbocycles. The highest BCUT2D eigenvalue weighted by Crippen LogP contribution is 2.31. The summed E-state index contributed by atoms with van der Waals surface area (Å²) in [5.41, 5.74) is 7.48. The highest BCUT2D eigenvalue weighted by molar-refractivity contribution is 5.79. The molecule has 1 aromatic carbocycles. The van der Waals surface area contributed by atoms with Gasteiger partial charge < -0.3 is 25.3 Å². The molecule has 6 heteroatoms. The Labute approximate surface area is 105 Å². The lowest BCUT2D eigenvalue weighted by molar-refractivity contribution is 0.275. The van der Waals surface area contributed by atoms with Gasteiger partial charge in [0.25, 0.3) is 0 Å². The Balaban J connectivity index is 2.44. The number of aromatic nitrogens is 2. The topological polar surface area (TPSA) is 93.4 Å². The van der Waals surface area contributed by atoms with Crippen molar-refractivity contribution in [1.82, 2.24) is 9.97 Å². The molecule has 0 bridgehead atoms. The number of benzene rings is 1. The van der Waals surface area contributed by atoms with Crippen molar-refractivity contribution in [3.63, 3.8) is 0 Å². The predicted octanol–water partition coefficient (Wildman–Crippen LogP) is 0.962. The van der Waals surface area contributed by atoms with Crippen LogP contribution < -0.4 is 15.2 Å². The molecule has 0 aliphatic carbocycles. The quantitative estimate of drug-likeness (QED) is 0.736. The molecule has 1 aromatic heterocycles. The minimum absolute atomic E-state index is 0.0326. The minimum Gasteiger partial charge on any atom is -0.493 e. The third-order valence-electron chi connectivity index (χ3n) is 2.80. The number of H-pyrrole nitrogens is 1. The summed E-state index contributed by atoms with van der Waals surface area (Å²) in [5, 5.41) is 8.88. The van der Waals surface area contributed by atoms with Gasteiger partial charge in [0.15, 0.2) is 11.5 Å². The van der Waals surface area contributed by atoms with Crippen LogP contribution in [0.15, 0.2) is 12.1 Å². The van der Waals surface area contributed by atoms with Crippen molar-refractivity contribution in [2.45, 2.75) is 12.5 Å². The van der Waals surface area contributed by atoms with Gasteiger partial charge in [-0.15, -0.1) is 0 Å². The predicted molar refractivity (Wildman–Crippen MR) is 67.8 cm³/mol. The van der Waals surface area contributed by atoms with E-state index < -0.39 is 0 Å². The van der Waals surface area contributed by atoms with E-state index in [0.29, 0.717) is 23.7 Å². The molecule has 98 valence electrons. The van der Waals surface area contributed by atoms with Crippen molar-refractivity contribution < 1.29 is 14.6 Å². The number of aliphatic hydroxyl groups excluding tert-OH is 1. The van der Waals surface area contributed by atoms with Crippen LogP contribution in [0.4, 0.5) is 0 Å². The van der Waals surface area contributed by atoms with E-state index in [0.717, 1.165) is 11.0 Å². The van der Waals surface area contributed by atoms with E-state index in [1.54, 1.807) is 20.3 Å². The lowest BCUT2D eigenvalue weighted by Crippen LogP contribution is -2.13. The lowest BCUT2D eigenvalue weighted by atomic mass is 10.2. The number of ether oxygens (including phenoxy) is 2. The highest BCUT2D eigenvalue weighted by Gasteiger charge is 2.13. The number of methoxy groups -OCH3 is 2. The summed E-state index contributed by atoms with van der Waals surface area (Å²) in [6.07, 6.45) is 0.466. The first-order valence-electron chi connectivity index (χ1n) is 5.67. The summed E-state index contributed by atoms with van der Waals surface area (Å²) in [4.78, 5) is 7.51. The van der Waals surface area contributed by atoms with Gasteiger partial charge in [-0.1, -0.05) is 0 Å². The third kappa shape index (κ3) is 2.25. The van der Waals surface area contributed by atoms with Crippen LogP contribution >= 0.6 is 0 Å². The van der Waals surface area contributed by atoms with E-state index in [4.69, 9.17) is 20.3 Å². The van der Waals surface area contributed by atoms with E-state index >= 15 is 0 Å². The Kier molecular flexibility index (Phi) is 3.69. The second-order valence-corrected chi connectivity index (χ2v) is 3.97. The number of imidazole rings is 1. The van der Waals surface area contributed by atoms with Crippen LogP contribution in [-0.4, -0.2) is 35.9 Å². The molecule has 18 heavy (non-hydrogen) atoms. The number of nitrogens with two attached hydrogens (primary N) is 1. The molecule has 0 spiro atoms. The van der Waals surface area contributed by atoms with Gasteiger partial charge in [0, 0.05) is 18.7 Å². The van der Waals surface area contributed by atoms with Crippen molar-refractivity contribution >= 4 is 11.0 Å². The second kappa shape index (κ2) is 5.24. The molecule has 0 saturated heterocycles. The van der Waals surface area contributed by atoms with Gasteiger partial charge in [0.1, 0.15) is 5.82 Å². The van der Waals surface area contributed by atoms with E-state index in [-0.39, 0.29) is 12.6 Å². The molecule has 1 unspecified atom stereocenters. The molecule has 1 heterocycles. The zero-order valence-corrected chi connectivity index (χ0v) is 10.4. The summed E-state index contributed by atoms with van der Waals surface area (Å²) in [5.74, 6) is 1.91. The number of fused-ring (bicyclic) bond motifs is 1. The van der Waals surface area contributed by atoms with Gasteiger partial charge in [-0.25, -0.2) is 4.98 Å². The van der Waals surface area contributed by atoms with Gasteiger partial charge >= 0.3 is 0 Å². The normalized spacial score (nSPS) is 12.7. The zero-order chi connectivity index (χ0) is 13.1. The molecule has 4 N–H and O–H groups in total. The first-order valence-corrected chi connectivity index (χ1v) is 5.67.